The van der Waals surface area contributed by atoms with Gasteiger partial charge in [0.2, 0.25) is 0 Å². The minimum absolute atomic E-state index is 1.10. The first-order valence-corrected chi connectivity index (χ1v) is 22.0. The van der Waals surface area contributed by atoms with Crippen molar-refractivity contribution in [1.82, 2.24) is 9.13 Å². The molecule has 0 aliphatic carbocycles. The van der Waals surface area contributed by atoms with Crippen LogP contribution in [-0.4, -0.2) is 9.13 Å². The standard InChI is InChI=1S/C58H37N3S/c1-2-15-41(16-3-1)60-53-22-10-7-19-50(53)58-46(20-12-23-54(58)60)40-26-33-48-47-17-6-9-21-52(47)61(55(48)36-40)43-30-28-42(29-31-43)59(44-27-25-38-13-4-5-14-39(38)35-44)45-32-34-57-51(37-45)49-18-8-11-24-56(49)62-57/h1-37H. The van der Waals surface area contributed by atoms with E-state index in [0.29, 0.717) is 0 Å². The smallest absolute Gasteiger partial charge is 0.0547 e. The van der Waals surface area contributed by atoms with Crippen LogP contribution >= 0.6 is 11.3 Å². The second kappa shape index (κ2) is 13.8. The second-order valence-corrected chi connectivity index (χ2v) is 17.2. The average molecular weight is 808 g/mol. The van der Waals surface area contributed by atoms with Crippen molar-refractivity contribution in [2.24, 2.45) is 0 Å². The number of nitrogens with zero attached hydrogens (tertiary/aromatic N) is 3. The Kier molecular flexibility index (Phi) is 7.78. The molecular formula is C58H37N3S. The minimum atomic E-state index is 1.10. The summed E-state index contributed by atoms with van der Waals surface area (Å²) in [5.41, 5.74) is 12.8. The van der Waals surface area contributed by atoms with Gasteiger partial charge >= 0.3 is 0 Å². The summed E-state index contributed by atoms with van der Waals surface area (Å²) in [4.78, 5) is 2.40. The maximum atomic E-state index is 2.44. The van der Waals surface area contributed by atoms with E-state index in [1.54, 1.807) is 0 Å². The number of fused-ring (bicyclic) bond motifs is 10. The molecule has 13 aromatic rings. The third-order valence-corrected chi connectivity index (χ3v) is 13.8. The fourth-order valence-electron chi connectivity index (χ4n) is 9.90. The lowest BCUT2D eigenvalue weighted by Crippen LogP contribution is -2.10. The Labute approximate surface area is 362 Å². The number of para-hydroxylation sites is 3. The van der Waals surface area contributed by atoms with E-state index in [2.05, 4.69) is 238 Å². The molecule has 0 atom stereocenters. The predicted molar refractivity (Wildman–Crippen MR) is 266 cm³/mol. The SMILES string of the molecule is c1ccc(-n2c3ccccc3c3c(-c4ccc5c6ccccc6n(-c6ccc(N(c7ccc8ccccc8c7)c7ccc8sc9ccccc9c8c7)cc6)c5c4)cccc32)cc1. The van der Waals surface area contributed by atoms with E-state index in [-0.39, 0.29) is 0 Å². The summed E-state index contributed by atoms with van der Waals surface area (Å²) >= 11 is 1.86. The second-order valence-electron chi connectivity index (χ2n) is 16.1. The first-order valence-electron chi connectivity index (χ1n) is 21.2. The Balaban J connectivity index is 0.981. The summed E-state index contributed by atoms with van der Waals surface area (Å²) in [5.74, 6) is 0. The highest BCUT2D eigenvalue weighted by Gasteiger charge is 2.20. The van der Waals surface area contributed by atoms with E-state index in [1.165, 1.54) is 85.7 Å². The largest absolute Gasteiger partial charge is 0.310 e. The number of benzene rings is 10. The van der Waals surface area contributed by atoms with Gasteiger partial charge in [-0.05, 0) is 119 Å². The maximum absolute atomic E-state index is 2.44. The molecule has 0 radical (unpaired) electrons. The van der Waals surface area contributed by atoms with E-state index in [9.17, 15) is 0 Å². The van der Waals surface area contributed by atoms with Crippen molar-refractivity contribution in [3.8, 4) is 22.5 Å². The van der Waals surface area contributed by atoms with Gasteiger partial charge in [-0.25, -0.2) is 0 Å². The molecule has 3 aromatic heterocycles. The van der Waals surface area contributed by atoms with Gasteiger partial charge < -0.3 is 14.0 Å². The number of aromatic nitrogens is 2. The van der Waals surface area contributed by atoms with Gasteiger partial charge in [-0.3, -0.25) is 0 Å². The normalized spacial score (nSPS) is 11.9. The zero-order chi connectivity index (χ0) is 40.7. The van der Waals surface area contributed by atoms with E-state index in [1.807, 2.05) is 11.3 Å². The van der Waals surface area contributed by atoms with Crippen LogP contribution in [-0.2, 0) is 0 Å². The highest BCUT2D eigenvalue weighted by Crippen LogP contribution is 2.44. The highest BCUT2D eigenvalue weighted by molar-refractivity contribution is 7.25. The monoisotopic (exact) mass is 807 g/mol. The van der Waals surface area contributed by atoms with Crippen LogP contribution in [0, 0.1) is 0 Å². The van der Waals surface area contributed by atoms with Crippen LogP contribution < -0.4 is 4.90 Å². The highest BCUT2D eigenvalue weighted by atomic mass is 32.1. The Morgan fingerprint density at radius 1 is 0.323 bits per heavy atom. The molecule has 0 aliphatic heterocycles. The maximum Gasteiger partial charge on any atom is 0.0547 e. The average Bonchev–Trinajstić information content (AvgIpc) is 3.99. The van der Waals surface area contributed by atoms with Crippen molar-refractivity contribution in [3.63, 3.8) is 0 Å². The first-order chi connectivity index (χ1) is 30.7. The van der Waals surface area contributed by atoms with Gasteiger partial charge in [-0.2, -0.15) is 0 Å². The number of hydrogen-bond donors (Lipinski definition) is 0. The van der Waals surface area contributed by atoms with E-state index >= 15 is 0 Å². The van der Waals surface area contributed by atoms with Crippen LogP contribution in [0.2, 0.25) is 0 Å². The summed E-state index contributed by atoms with van der Waals surface area (Å²) in [6.45, 7) is 0. The lowest BCUT2D eigenvalue weighted by molar-refractivity contribution is 1.17. The van der Waals surface area contributed by atoms with Gasteiger partial charge in [0, 0.05) is 70.2 Å². The van der Waals surface area contributed by atoms with E-state index in [4.69, 9.17) is 0 Å². The number of anilines is 3. The topological polar surface area (TPSA) is 13.1 Å². The van der Waals surface area contributed by atoms with E-state index < -0.39 is 0 Å². The van der Waals surface area contributed by atoms with E-state index in [0.717, 1.165) is 28.4 Å². The fraction of sp³-hybridized carbons (Fsp3) is 0. The quantitative estimate of drug-likeness (QED) is 0.163. The molecule has 4 heteroatoms. The number of thiophene rings is 1. The molecule has 10 aromatic carbocycles. The summed E-state index contributed by atoms with van der Waals surface area (Å²) in [6.07, 6.45) is 0. The molecule has 3 nitrogen and oxygen atoms in total. The van der Waals surface area contributed by atoms with Crippen LogP contribution in [0.1, 0.15) is 0 Å². The molecule has 62 heavy (non-hydrogen) atoms. The van der Waals surface area contributed by atoms with Gasteiger partial charge in [-0.1, -0.05) is 127 Å². The van der Waals surface area contributed by atoms with Crippen molar-refractivity contribution < 1.29 is 0 Å². The van der Waals surface area contributed by atoms with Gasteiger partial charge in [0.1, 0.15) is 0 Å². The molecule has 0 amide bonds. The Hall–Kier alpha value is -7.92. The van der Waals surface area contributed by atoms with Crippen molar-refractivity contribution >= 4 is 103 Å². The zero-order valence-electron chi connectivity index (χ0n) is 33.6. The molecule has 0 aliphatic rings. The van der Waals surface area contributed by atoms with Gasteiger partial charge in [0.15, 0.2) is 0 Å². The Morgan fingerprint density at radius 3 is 1.77 bits per heavy atom. The molecule has 3 heterocycles. The molecule has 0 fully saturated rings. The van der Waals surface area contributed by atoms with Crippen molar-refractivity contribution in [1.29, 1.82) is 0 Å². The molecule has 0 bridgehead atoms. The van der Waals surface area contributed by atoms with Crippen molar-refractivity contribution in [2.75, 3.05) is 4.90 Å². The summed E-state index contributed by atoms with van der Waals surface area (Å²) in [6, 6.07) is 82.3. The van der Waals surface area contributed by atoms with Crippen LogP contribution in [0.25, 0.3) is 97.1 Å². The molecule has 0 spiro atoms. The minimum Gasteiger partial charge on any atom is -0.310 e. The van der Waals surface area contributed by atoms with Crippen LogP contribution in [0.15, 0.2) is 224 Å². The molecule has 13 rings (SSSR count). The molecule has 290 valence electrons. The number of hydrogen-bond acceptors (Lipinski definition) is 2. The van der Waals surface area contributed by atoms with Crippen LogP contribution in [0.5, 0.6) is 0 Å². The summed E-state index contributed by atoms with van der Waals surface area (Å²) in [5, 5.41) is 10.0. The third-order valence-electron chi connectivity index (χ3n) is 12.7. The fourth-order valence-corrected chi connectivity index (χ4v) is 11.0. The number of rotatable bonds is 6. The lowest BCUT2D eigenvalue weighted by atomic mass is 9.98. The van der Waals surface area contributed by atoms with Crippen molar-refractivity contribution in [3.05, 3.63) is 224 Å². The predicted octanol–water partition coefficient (Wildman–Crippen LogP) is 16.5. The van der Waals surface area contributed by atoms with Crippen LogP contribution in [0.3, 0.4) is 0 Å². The summed E-state index contributed by atoms with van der Waals surface area (Å²) < 4.78 is 7.45. The molecule has 0 N–H and O–H groups in total. The Morgan fingerprint density at radius 2 is 0.919 bits per heavy atom. The van der Waals surface area contributed by atoms with Crippen molar-refractivity contribution in [2.45, 2.75) is 0 Å². The third kappa shape index (κ3) is 5.37. The van der Waals surface area contributed by atoms with Gasteiger partial charge in [0.05, 0.1) is 22.1 Å². The molecule has 0 saturated heterocycles. The van der Waals surface area contributed by atoms with Gasteiger partial charge in [-0.15, -0.1) is 11.3 Å². The molecular weight excluding hydrogens is 771 g/mol. The summed E-state index contributed by atoms with van der Waals surface area (Å²) in [7, 11) is 0. The van der Waals surface area contributed by atoms with Crippen LogP contribution in [0.4, 0.5) is 17.1 Å². The Bertz CT molecular complexity index is 3870. The molecule has 0 unspecified atom stereocenters. The molecule has 0 saturated carbocycles. The lowest BCUT2D eigenvalue weighted by Gasteiger charge is -2.26. The first kappa shape index (κ1) is 34.9. The van der Waals surface area contributed by atoms with Gasteiger partial charge in [0.25, 0.3) is 0 Å². The zero-order valence-corrected chi connectivity index (χ0v) is 34.4.